The number of nitrogens with zero attached hydrogens (tertiary/aromatic N) is 2. The summed E-state index contributed by atoms with van der Waals surface area (Å²) < 4.78 is 57.7. The van der Waals surface area contributed by atoms with Gasteiger partial charge in [0.25, 0.3) is 0 Å². The Bertz CT molecular complexity index is 2190. The fourth-order valence-electron chi connectivity index (χ4n) is 9.75. The molecule has 14 nitrogen and oxygen atoms in total. The van der Waals surface area contributed by atoms with E-state index in [0.717, 1.165) is 84.1 Å². The molecule has 2 aliphatic heterocycles. The van der Waals surface area contributed by atoms with Gasteiger partial charge in [0.15, 0.2) is 46.0 Å². The monoisotopic (exact) mass is 912 g/mol. The van der Waals surface area contributed by atoms with Crippen molar-refractivity contribution in [1.29, 1.82) is 0 Å². The van der Waals surface area contributed by atoms with E-state index in [9.17, 15) is 9.59 Å². The topological polar surface area (TPSA) is 126 Å². The summed E-state index contributed by atoms with van der Waals surface area (Å²) in [6.07, 6.45) is 6.73. The normalized spacial score (nSPS) is 19.8. The summed E-state index contributed by atoms with van der Waals surface area (Å²) >= 11 is 0. The van der Waals surface area contributed by atoms with Crippen LogP contribution in [-0.2, 0) is 44.7 Å². The van der Waals surface area contributed by atoms with E-state index < -0.39 is 11.9 Å². The quantitative estimate of drug-likeness (QED) is 0.0337. The first-order valence-electron chi connectivity index (χ1n) is 22.5. The molecule has 2 aliphatic rings. The average Bonchev–Trinajstić information content (AvgIpc) is 3.34. The smallest absolute Gasteiger partial charge is 0.331 e. The lowest BCUT2D eigenvalue weighted by Crippen LogP contribution is -2.52. The molecule has 4 aromatic rings. The number of benzene rings is 4. The standard InChI is InChI=1S/C52H68N2O12/c1-53(23-19-37-31-47(61-7)49(63-9)33-39(37)41(53)27-35-13-15-43(57-3)45(29-35)59-5)21-11-25-65-51(55)17-18-52(56)66-26-12-22-54(2)24-20-38-32-48(62-8)50(64-10)34-40(38)42(54)28-36-14-16-44(58-4)46(30-36)60-6/h13-18,29-34,41-42H,11-12,19-28H2,1-10H3/q+2/b18-17+/t41-,42-,53+,54+/m1/s1. The number of rotatable bonds is 22. The fourth-order valence-corrected chi connectivity index (χ4v) is 9.75. The number of fused-ring (bicyclic) bond motifs is 2. The van der Waals surface area contributed by atoms with Gasteiger partial charge in [-0.2, -0.15) is 0 Å². The van der Waals surface area contributed by atoms with Crippen molar-refractivity contribution in [2.45, 2.75) is 50.6 Å². The summed E-state index contributed by atoms with van der Waals surface area (Å²) in [5, 5.41) is 0. The zero-order valence-electron chi connectivity index (χ0n) is 40.4. The zero-order chi connectivity index (χ0) is 47.4. The third-order valence-electron chi connectivity index (χ3n) is 13.5. The molecule has 14 heteroatoms. The Hall–Kier alpha value is -6.12. The molecule has 2 heterocycles. The average molecular weight is 913 g/mol. The molecule has 0 N–H and O–H groups in total. The van der Waals surface area contributed by atoms with Crippen molar-refractivity contribution in [3.63, 3.8) is 0 Å². The lowest BCUT2D eigenvalue weighted by Gasteiger charge is -2.46. The molecule has 0 spiro atoms. The van der Waals surface area contributed by atoms with Crippen LogP contribution in [0.1, 0.15) is 58.3 Å². The lowest BCUT2D eigenvalue weighted by molar-refractivity contribution is -0.941. The minimum Gasteiger partial charge on any atom is -0.493 e. The van der Waals surface area contributed by atoms with Crippen LogP contribution in [0.2, 0.25) is 0 Å². The van der Waals surface area contributed by atoms with E-state index in [4.69, 9.17) is 47.4 Å². The van der Waals surface area contributed by atoms with Gasteiger partial charge in [-0.1, -0.05) is 12.1 Å². The molecule has 4 atom stereocenters. The van der Waals surface area contributed by atoms with Gasteiger partial charge in [0.2, 0.25) is 0 Å². The maximum Gasteiger partial charge on any atom is 0.331 e. The second-order valence-electron chi connectivity index (χ2n) is 17.4. The summed E-state index contributed by atoms with van der Waals surface area (Å²) in [6.45, 7) is 3.69. The fraction of sp³-hybridized carbons (Fsp3) is 0.462. The predicted molar refractivity (Wildman–Crippen MR) is 251 cm³/mol. The van der Waals surface area contributed by atoms with Crippen molar-refractivity contribution in [2.24, 2.45) is 0 Å². The molecule has 66 heavy (non-hydrogen) atoms. The van der Waals surface area contributed by atoms with Gasteiger partial charge in [0.1, 0.15) is 12.1 Å². The van der Waals surface area contributed by atoms with E-state index >= 15 is 0 Å². The van der Waals surface area contributed by atoms with Crippen molar-refractivity contribution >= 4 is 11.9 Å². The Kier molecular flexibility index (Phi) is 16.7. The van der Waals surface area contributed by atoms with Crippen LogP contribution < -0.4 is 37.9 Å². The van der Waals surface area contributed by atoms with Gasteiger partial charge < -0.3 is 56.3 Å². The summed E-state index contributed by atoms with van der Waals surface area (Å²) in [4.78, 5) is 25.6. The van der Waals surface area contributed by atoms with Crippen molar-refractivity contribution in [2.75, 3.05) is 110 Å². The maximum atomic E-state index is 12.8. The number of esters is 2. The predicted octanol–water partition coefficient (Wildman–Crippen LogP) is 7.45. The largest absolute Gasteiger partial charge is 0.493 e. The van der Waals surface area contributed by atoms with E-state index in [1.165, 1.54) is 22.3 Å². The molecular formula is C52H68N2O12+2. The molecular weight excluding hydrogens is 845 g/mol. The van der Waals surface area contributed by atoms with Crippen LogP contribution in [0.5, 0.6) is 46.0 Å². The summed E-state index contributed by atoms with van der Waals surface area (Å²) in [5.41, 5.74) is 7.06. The molecule has 4 aromatic carbocycles. The van der Waals surface area contributed by atoms with E-state index in [1.54, 1.807) is 56.9 Å². The zero-order valence-corrected chi connectivity index (χ0v) is 40.4. The minimum absolute atomic E-state index is 0.0726. The number of carbonyl (C=O) groups excluding carboxylic acids is 2. The van der Waals surface area contributed by atoms with Gasteiger partial charge in [0, 0.05) is 61.8 Å². The number of hydrogen-bond acceptors (Lipinski definition) is 12. The Morgan fingerprint density at radius 3 is 1.17 bits per heavy atom. The van der Waals surface area contributed by atoms with Gasteiger partial charge in [-0.05, 0) is 70.8 Å². The van der Waals surface area contributed by atoms with Gasteiger partial charge in [-0.15, -0.1) is 0 Å². The number of likely N-dealkylation sites (N-methyl/N-ethyl adjacent to an activating group) is 2. The molecule has 0 fully saturated rings. The molecule has 0 bridgehead atoms. The van der Waals surface area contributed by atoms with Crippen LogP contribution in [0.25, 0.3) is 0 Å². The van der Waals surface area contributed by atoms with Crippen molar-refractivity contribution in [3.8, 4) is 46.0 Å². The molecule has 0 radical (unpaired) electrons. The van der Waals surface area contributed by atoms with Gasteiger partial charge in [0.05, 0.1) is 110 Å². The molecule has 0 saturated heterocycles. The van der Waals surface area contributed by atoms with Crippen LogP contribution in [0.15, 0.2) is 72.8 Å². The highest BCUT2D eigenvalue weighted by Gasteiger charge is 2.41. The molecule has 0 aromatic heterocycles. The summed E-state index contributed by atoms with van der Waals surface area (Å²) in [5.74, 6) is 4.31. The van der Waals surface area contributed by atoms with Crippen LogP contribution in [-0.4, -0.2) is 131 Å². The van der Waals surface area contributed by atoms with E-state index in [-0.39, 0.29) is 25.3 Å². The molecule has 0 saturated carbocycles. The number of carbonyl (C=O) groups is 2. The van der Waals surface area contributed by atoms with Crippen molar-refractivity contribution in [3.05, 3.63) is 106 Å². The van der Waals surface area contributed by atoms with Gasteiger partial charge in [-0.25, -0.2) is 9.59 Å². The SMILES string of the molecule is COc1ccc(C[C@@H]2c3cc(OC)c(OC)cc3CC[N@+]2(C)CCCOC(=O)/C=C/C(=O)OCCC[N@@+]2(C)CCc3cc(OC)c(OC)cc3[C@H]2Cc2ccc(OC)c(OC)c2)cc1OC. The highest BCUT2D eigenvalue weighted by molar-refractivity contribution is 5.91. The highest BCUT2D eigenvalue weighted by atomic mass is 16.5. The van der Waals surface area contributed by atoms with Crippen LogP contribution in [0.3, 0.4) is 0 Å². The van der Waals surface area contributed by atoms with Crippen LogP contribution in [0.4, 0.5) is 0 Å². The first kappa shape index (κ1) is 49.3. The molecule has 0 aliphatic carbocycles. The Morgan fingerprint density at radius 2 is 0.818 bits per heavy atom. The van der Waals surface area contributed by atoms with Crippen LogP contribution >= 0.6 is 0 Å². The number of methoxy groups -OCH3 is 8. The lowest BCUT2D eigenvalue weighted by atomic mass is 9.86. The van der Waals surface area contributed by atoms with Crippen LogP contribution in [0, 0.1) is 0 Å². The number of ether oxygens (including phenoxy) is 10. The van der Waals surface area contributed by atoms with Gasteiger partial charge in [-0.3, -0.25) is 0 Å². The molecule has 356 valence electrons. The first-order chi connectivity index (χ1) is 31.9. The Labute approximate surface area is 390 Å². The second-order valence-corrected chi connectivity index (χ2v) is 17.4. The van der Waals surface area contributed by atoms with E-state index in [0.29, 0.717) is 58.8 Å². The molecule has 0 amide bonds. The third-order valence-corrected chi connectivity index (χ3v) is 13.5. The van der Waals surface area contributed by atoms with E-state index in [2.05, 4.69) is 50.5 Å². The Morgan fingerprint density at radius 1 is 0.485 bits per heavy atom. The first-order valence-corrected chi connectivity index (χ1v) is 22.5. The van der Waals surface area contributed by atoms with Crippen molar-refractivity contribution in [1.82, 2.24) is 0 Å². The Balaban J connectivity index is 1.04. The molecule has 6 rings (SSSR count). The van der Waals surface area contributed by atoms with Crippen molar-refractivity contribution < 1.29 is 65.9 Å². The highest BCUT2D eigenvalue weighted by Crippen LogP contribution is 2.45. The summed E-state index contributed by atoms with van der Waals surface area (Å²) in [6, 6.07) is 20.6. The maximum absolute atomic E-state index is 12.8. The summed E-state index contributed by atoms with van der Waals surface area (Å²) in [7, 11) is 17.7. The van der Waals surface area contributed by atoms with Gasteiger partial charge >= 0.3 is 11.9 Å². The third kappa shape index (κ3) is 11.3. The second kappa shape index (κ2) is 22.4. The number of hydrogen-bond donors (Lipinski definition) is 0. The van der Waals surface area contributed by atoms with E-state index in [1.807, 2.05) is 24.3 Å². The number of quaternary nitrogens is 2. The minimum atomic E-state index is -0.590. The molecule has 0 unspecified atom stereocenters.